The van der Waals surface area contributed by atoms with Crippen molar-refractivity contribution in [3.05, 3.63) is 12.3 Å². The van der Waals surface area contributed by atoms with E-state index in [9.17, 15) is 9.59 Å². The fourth-order valence-corrected chi connectivity index (χ4v) is 1.46. The molecule has 1 aromatic rings. The Morgan fingerprint density at radius 2 is 2.22 bits per heavy atom. The van der Waals surface area contributed by atoms with Crippen LogP contribution in [0.4, 0.5) is 10.6 Å². The maximum Gasteiger partial charge on any atom is 0.326 e. The summed E-state index contributed by atoms with van der Waals surface area (Å²) in [5.41, 5.74) is 0. The van der Waals surface area contributed by atoms with Gasteiger partial charge in [0.05, 0.1) is 0 Å². The standard InChI is InChI=1S/C11H18N4O3/c1-4-7(2)9(10(16)17)13-11(18)12-8-5-6-15(3)14-8/h5-7,9H,4H2,1-3H3,(H,16,17)(H2,12,13,14,18)/t7?,9-/m0/s1. The number of nitrogens with one attached hydrogen (secondary N) is 2. The second-order valence-electron chi connectivity index (χ2n) is 4.17. The molecule has 0 fully saturated rings. The van der Waals surface area contributed by atoms with Crippen molar-refractivity contribution in [1.82, 2.24) is 15.1 Å². The van der Waals surface area contributed by atoms with Crippen molar-refractivity contribution < 1.29 is 14.7 Å². The van der Waals surface area contributed by atoms with E-state index < -0.39 is 18.0 Å². The second-order valence-corrected chi connectivity index (χ2v) is 4.17. The van der Waals surface area contributed by atoms with E-state index in [4.69, 9.17) is 5.11 Å². The molecule has 0 aliphatic carbocycles. The summed E-state index contributed by atoms with van der Waals surface area (Å²) in [6.45, 7) is 3.65. The molecule has 7 heteroatoms. The Morgan fingerprint density at radius 3 is 2.67 bits per heavy atom. The van der Waals surface area contributed by atoms with Crippen LogP contribution < -0.4 is 10.6 Å². The summed E-state index contributed by atoms with van der Waals surface area (Å²) in [5.74, 6) is -0.805. The van der Waals surface area contributed by atoms with Crippen LogP contribution in [0.3, 0.4) is 0 Å². The minimum Gasteiger partial charge on any atom is -0.480 e. The number of urea groups is 1. The van der Waals surface area contributed by atoms with Crippen molar-refractivity contribution in [2.45, 2.75) is 26.3 Å². The van der Waals surface area contributed by atoms with Crippen molar-refractivity contribution in [3.63, 3.8) is 0 Å². The van der Waals surface area contributed by atoms with Crippen molar-refractivity contribution in [2.75, 3.05) is 5.32 Å². The first-order chi connectivity index (χ1) is 8.43. The number of carboxylic acids is 1. The van der Waals surface area contributed by atoms with Gasteiger partial charge in [0.25, 0.3) is 0 Å². The quantitative estimate of drug-likeness (QED) is 0.731. The number of nitrogens with zero attached hydrogens (tertiary/aromatic N) is 2. The third-order valence-electron chi connectivity index (χ3n) is 2.72. The molecule has 2 amide bonds. The Kier molecular flexibility index (Phi) is 4.70. The summed E-state index contributed by atoms with van der Waals surface area (Å²) in [4.78, 5) is 22.7. The van der Waals surface area contributed by atoms with Gasteiger partial charge in [-0.05, 0) is 5.92 Å². The van der Waals surface area contributed by atoms with E-state index in [1.54, 1.807) is 30.9 Å². The first-order valence-corrected chi connectivity index (χ1v) is 5.74. The Bertz CT molecular complexity index is 430. The number of aromatic nitrogens is 2. The summed E-state index contributed by atoms with van der Waals surface area (Å²) >= 11 is 0. The lowest BCUT2D eigenvalue weighted by Crippen LogP contribution is -2.46. The van der Waals surface area contributed by atoms with Crippen LogP contribution in [0, 0.1) is 5.92 Å². The molecule has 100 valence electrons. The lowest BCUT2D eigenvalue weighted by molar-refractivity contribution is -0.140. The molecule has 1 heterocycles. The average molecular weight is 254 g/mol. The zero-order chi connectivity index (χ0) is 13.7. The summed E-state index contributed by atoms with van der Waals surface area (Å²) < 4.78 is 1.54. The number of rotatable bonds is 5. The molecule has 18 heavy (non-hydrogen) atoms. The Morgan fingerprint density at radius 1 is 1.56 bits per heavy atom. The van der Waals surface area contributed by atoms with E-state index in [0.29, 0.717) is 12.2 Å². The highest BCUT2D eigenvalue weighted by molar-refractivity contribution is 5.91. The van der Waals surface area contributed by atoms with E-state index in [1.165, 1.54) is 0 Å². The van der Waals surface area contributed by atoms with Gasteiger partial charge in [-0.3, -0.25) is 10.00 Å². The number of hydrogen-bond acceptors (Lipinski definition) is 3. The van der Waals surface area contributed by atoms with Crippen molar-refractivity contribution >= 4 is 17.8 Å². The molecule has 1 unspecified atom stereocenters. The number of anilines is 1. The average Bonchev–Trinajstić information content (AvgIpc) is 2.70. The number of amides is 2. The molecule has 3 N–H and O–H groups in total. The van der Waals surface area contributed by atoms with Gasteiger partial charge in [0.15, 0.2) is 5.82 Å². The zero-order valence-electron chi connectivity index (χ0n) is 10.7. The molecule has 0 aromatic carbocycles. The van der Waals surface area contributed by atoms with E-state index in [1.807, 2.05) is 6.92 Å². The van der Waals surface area contributed by atoms with Crippen molar-refractivity contribution in [2.24, 2.45) is 13.0 Å². The molecule has 0 spiro atoms. The molecule has 0 aliphatic rings. The molecule has 1 rings (SSSR count). The number of carboxylic acid groups (broad SMARTS) is 1. The topological polar surface area (TPSA) is 96.3 Å². The highest BCUT2D eigenvalue weighted by Gasteiger charge is 2.25. The van der Waals surface area contributed by atoms with Crippen LogP contribution in [-0.4, -0.2) is 32.9 Å². The Labute approximate surface area is 105 Å². The number of aliphatic carboxylic acids is 1. The SMILES string of the molecule is CCC(C)[C@H](NC(=O)Nc1ccn(C)n1)C(=O)O. The van der Waals surface area contributed by atoms with E-state index in [2.05, 4.69) is 15.7 Å². The Balaban J connectivity index is 2.59. The lowest BCUT2D eigenvalue weighted by atomic mass is 9.99. The fraction of sp³-hybridized carbons (Fsp3) is 0.545. The monoisotopic (exact) mass is 254 g/mol. The van der Waals surface area contributed by atoms with Crippen LogP contribution in [0.2, 0.25) is 0 Å². The van der Waals surface area contributed by atoms with E-state index in [0.717, 1.165) is 0 Å². The van der Waals surface area contributed by atoms with Crippen molar-refractivity contribution in [1.29, 1.82) is 0 Å². The van der Waals surface area contributed by atoms with E-state index >= 15 is 0 Å². The van der Waals surface area contributed by atoms with Gasteiger partial charge < -0.3 is 10.4 Å². The molecule has 7 nitrogen and oxygen atoms in total. The third-order valence-corrected chi connectivity index (χ3v) is 2.72. The number of carbonyl (C=O) groups excluding carboxylic acids is 1. The predicted molar refractivity (Wildman–Crippen MR) is 66.2 cm³/mol. The van der Waals surface area contributed by atoms with Gasteiger partial charge in [0, 0.05) is 19.3 Å². The second kappa shape index (κ2) is 6.04. The Hall–Kier alpha value is -2.05. The van der Waals surface area contributed by atoms with Crippen LogP contribution >= 0.6 is 0 Å². The first-order valence-electron chi connectivity index (χ1n) is 5.74. The third kappa shape index (κ3) is 3.76. The molecule has 0 saturated carbocycles. The number of aryl methyl sites for hydroxylation is 1. The van der Waals surface area contributed by atoms with Gasteiger partial charge in [-0.25, -0.2) is 9.59 Å². The maximum absolute atomic E-state index is 11.6. The lowest BCUT2D eigenvalue weighted by Gasteiger charge is -2.19. The molecule has 0 radical (unpaired) electrons. The molecule has 2 atom stereocenters. The van der Waals surface area contributed by atoms with Crippen LogP contribution in [0.5, 0.6) is 0 Å². The summed E-state index contributed by atoms with van der Waals surface area (Å²) in [5, 5.41) is 17.9. The van der Waals surface area contributed by atoms with Gasteiger partial charge in [-0.15, -0.1) is 0 Å². The van der Waals surface area contributed by atoms with Crippen LogP contribution in [-0.2, 0) is 11.8 Å². The summed E-state index contributed by atoms with van der Waals surface area (Å²) in [6.07, 6.45) is 2.35. The molecule has 1 aromatic heterocycles. The maximum atomic E-state index is 11.6. The van der Waals surface area contributed by atoms with Crippen LogP contribution in [0.25, 0.3) is 0 Å². The molecule has 0 bridgehead atoms. The van der Waals surface area contributed by atoms with E-state index in [-0.39, 0.29) is 5.92 Å². The smallest absolute Gasteiger partial charge is 0.326 e. The van der Waals surface area contributed by atoms with Crippen LogP contribution in [0.15, 0.2) is 12.3 Å². The molecular formula is C11H18N4O3. The van der Waals surface area contributed by atoms with Crippen LogP contribution in [0.1, 0.15) is 20.3 Å². The van der Waals surface area contributed by atoms with Gasteiger partial charge in [0.1, 0.15) is 6.04 Å². The van der Waals surface area contributed by atoms with Gasteiger partial charge in [-0.1, -0.05) is 20.3 Å². The van der Waals surface area contributed by atoms with Gasteiger partial charge in [-0.2, -0.15) is 5.10 Å². The molecule has 0 saturated heterocycles. The number of hydrogen-bond donors (Lipinski definition) is 3. The largest absolute Gasteiger partial charge is 0.480 e. The fourth-order valence-electron chi connectivity index (χ4n) is 1.46. The number of carbonyl (C=O) groups is 2. The normalized spacial score (nSPS) is 13.7. The predicted octanol–water partition coefficient (Wildman–Crippen LogP) is 1.04. The van der Waals surface area contributed by atoms with Gasteiger partial charge in [0.2, 0.25) is 0 Å². The minimum atomic E-state index is -1.04. The van der Waals surface area contributed by atoms with Gasteiger partial charge >= 0.3 is 12.0 Å². The first kappa shape index (κ1) is 14.0. The minimum absolute atomic E-state index is 0.142. The molecular weight excluding hydrogens is 236 g/mol. The highest BCUT2D eigenvalue weighted by Crippen LogP contribution is 2.08. The summed E-state index contributed by atoms with van der Waals surface area (Å²) in [6, 6.07) is 0.151. The van der Waals surface area contributed by atoms with Crippen molar-refractivity contribution in [3.8, 4) is 0 Å². The molecule has 0 aliphatic heterocycles. The zero-order valence-corrected chi connectivity index (χ0v) is 10.7. The summed E-state index contributed by atoms with van der Waals surface area (Å²) in [7, 11) is 1.72. The highest BCUT2D eigenvalue weighted by atomic mass is 16.4.